The molecule has 0 aromatic heterocycles. The van der Waals surface area contributed by atoms with Gasteiger partial charge in [-0.2, -0.15) is 0 Å². The van der Waals surface area contributed by atoms with Crippen molar-refractivity contribution in [3.05, 3.63) is 0 Å². The molecule has 0 unspecified atom stereocenters. The zero-order valence-electron chi connectivity index (χ0n) is 8.21. The van der Waals surface area contributed by atoms with E-state index >= 15 is 0 Å². The maximum atomic E-state index is 2.29. The third-order valence-corrected chi connectivity index (χ3v) is 1.06. The van der Waals surface area contributed by atoms with Gasteiger partial charge in [-0.05, 0) is 17.3 Å². The quantitative estimate of drug-likeness (QED) is 0.577. The van der Waals surface area contributed by atoms with Crippen molar-refractivity contribution in [3.8, 4) is 0 Å². The van der Waals surface area contributed by atoms with E-state index in [-0.39, 0.29) is 23.9 Å². The Morgan fingerprint density at radius 1 is 0.700 bits per heavy atom. The summed E-state index contributed by atoms with van der Waals surface area (Å²) in [6.45, 7) is 13.7. The Morgan fingerprint density at radius 3 is 0.900 bits per heavy atom. The molecule has 0 aromatic carbocycles. The zero-order chi connectivity index (χ0) is 7.71. The Labute approximate surface area is 82.7 Å². The van der Waals surface area contributed by atoms with Gasteiger partial charge < -0.3 is 0 Å². The van der Waals surface area contributed by atoms with Crippen LogP contribution in [-0.2, 0) is 0 Å². The van der Waals surface area contributed by atoms with Crippen LogP contribution < -0.4 is 0 Å². The molecule has 0 amide bonds. The van der Waals surface area contributed by atoms with E-state index in [1.807, 2.05) is 0 Å². The monoisotopic (exact) mass is 248 g/mol. The summed E-state index contributed by atoms with van der Waals surface area (Å²) in [6.07, 6.45) is 1.29. The summed E-state index contributed by atoms with van der Waals surface area (Å²) in [5, 5.41) is 0. The zero-order valence-corrected chi connectivity index (χ0v) is 11.1. The minimum Gasteiger partial charge on any atom is -0.0602 e. The second-order valence-corrected chi connectivity index (χ2v) is 5.30. The standard InChI is InChI=1S/C9H20.Sn/c1-8(2,3)7-9(4,5)6;/h7H2,1-6H3;. The van der Waals surface area contributed by atoms with E-state index in [1.165, 1.54) is 6.42 Å². The van der Waals surface area contributed by atoms with Crippen molar-refractivity contribution in [2.45, 2.75) is 48.0 Å². The minimum absolute atomic E-state index is 0. The van der Waals surface area contributed by atoms with Crippen molar-refractivity contribution in [2.75, 3.05) is 0 Å². The normalized spacial score (nSPS) is 12.6. The Bertz CT molecular complexity index is 69.9. The van der Waals surface area contributed by atoms with Crippen LogP contribution in [0.5, 0.6) is 0 Å². The van der Waals surface area contributed by atoms with Gasteiger partial charge >= 0.3 is 0 Å². The first-order chi connectivity index (χ1) is 3.71. The van der Waals surface area contributed by atoms with Gasteiger partial charge in [-0.15, -0.1) is 0 Å². The smallest absolute Gasteiger partial charge is 0 e. The van der Waals surface area contributed by atoms with E-state index in [1.54, 1.807) is 0 Å². The van der Waals surface area contributed by atoms with Gasteiger partial charge in [0.15, 0.2) is 0 Å². The van der Waals surface area contributed by atoms with E-state index in [0.717, 1.165) is 0 Å². The van der Waals surface area contributed by atoms with Crippen LogP contribution in [0.25, 0.3) is 0 Å². The summed E-state index contributed by atoms with van der Waals surface area (Å²) in [6, 6.07) is 0. The molecule has 0 nitrogen and oxygen atoms in total. The Hall–Kier alpha value is 0.799. The molecule has 0 aliphatic rings. The van der Waals surface area contributed by atoms with Gasteiger partial charge in [0.1, 0.15) is 0 Å². The van der Waals surface area contributed by atoms with Gasteiger partial charge in [-0.3, -0.25) is 0 Å². The first-order valence-electron chi connectivity index (χ1n) is 3.71. The SMILES string of the molecule is CC(C)(C)CC(C)(C)C.[Sn]. The predicted octanol–water partition coefficient (Wildman–Crippen LogP) is 3.09. The number of rotatable bonds is 0. The third kappa shape index (κ3) is 11.6. The maximum Gasteiger partial charge on any atom is 0 e. The molecule has 1 heteroatoms. The van der Waals surface area contributed by atoms with Gasteiger partial charge in [0.2, 0.25) is 0 Å². The van der Waals surface area contributed by atoms with Crippen LogP contribution in [-0.4, -0.2) is 23.9 Å². The van der Waals surface area contributed by atoms with Crippen molar-refractivity contribution in [2.24, 2.45) is 10.8 Å². The van der Waals surface area contributed by atoms with E-state index in [4.69, 9.17) is 0 Å². The van der Waals surface area contributed by atoms with Crippen LogP contribution >= 0.6 is 0 Å². The Balaban J connectivity index is 0. The molecule has 0 bridgehead atoms. The van der Waals surface area contributed by atoms with Crippen LogP contribution in [0.4, 0.5) is 0 Å². The van der Waals surface area contributed by atoms with Gasteiger partial charge in [0.05, 0.1) is 0 Å². The molecule has 10 heavy (non-hydrogen) atoms. The molecule has 0 heterocycles. The average Bonchev–Trinajstić information content (AvgIpc) is 1.14. The van der Waals surface area contributed by atoms with E-state index in [2.05, 4.69) is 41.5 Å². The number of hydrogen-bond acceptors (Lipinski definition) is 0. The molecule has 0 saturated carbocycles. The Morgan fingerprint density at radius 2 is 0.900 bits per heavy atom. The summed E-state index contributed by atoms with van der Waals surface area (Å²) < 4.78 is 0. The fourth-order valence-electron chi connectivity index (χ4n) is 1.59. The second-order valence-electron chi connectivity index (χ2n) is 5.30. The van der Waals surface area contributed by atoms with E-state index in [0.29, 0.717) is 10.8 Å². The fourth-order valence-corrected chi connectivity index (χ4v) is 1.59. The molecule has 0 atom stereocenters. The van der Waals surface area contributed by atoms with Crippen LogP contribution in [0.3, 0.4) is 0 Å². The molecule has 0 aliphatic carbocycles. The third-order valence-electron chi connectivity index (χ3n) is 1.06. The van der Waals surface area contributed by atoms with Gasteiger partial charge in [-0.1, -0.05) is 41.5 Å². The Kier molecular flexibility index (Phi) is 5.34. The molecular formula is C9H20Sn. The molecule has 0 aromatic rings. The average molecular weight is 247 g/mol. The van der Waals surface area contributed by atoms with Crippen LogP contribution in [0.15, 0.2) is 0 Å². The minimum atomic E-state index is 0. The van der Waals surface area contributed by atoms with Crippen LogP contribution in [0.1, 0.15) is 48.0 Å². The molecular weight excluding hydrogens is 227 g/mol. The van der Waals surface area contributed by atoms with Crippen LogP contribution in [0.2, 0.25) is 0 Å². The largest absolute Gasteiger partial charge is 0.0602 e. The van der Waals surface area contributed by atoms with Gasteiger partial charge in [-0.25, -0.2) is 0 Å². The first kappa shape index (κ1) is 13.4. The molecule has 0 rings (SSSR count). The molecule has 0 aliphatic heterocycles. The second kappa shape index (κ2) is 3.98. The summed E-state index contributed by atoms with van der Waals surface area (Å²) in [7, 11) is 0. The molecule has 0 N–H and O–H groups in total. The van der Waals surface area contributed by atoms with Crippen molar-refractivity contribution < 1.29 is 0 Å². The fraction of sp³-hybridized carbons (Fsp3) is 1.00. The van der Waals surface area contributed by atoms with E-state index < -0.39 is 0 Å². The first-order valence-corrected chi connectivity index (χ1v) is 3.71. The predicted molar refractivity (Wildman–Crippen MR) is 49.3 cm³/mol. The van der Waals surface area contributed by atoms with Crippen LogP contribution in [0, 0.1) is 10.8 Å². The summed E-state index contributed by atoms with van der Waals surface area (Å²) in [5.41, 5.74) is 0.969. The topological polar surface area (TPSA) is 0 Å². The van der Waals surface area contributed by atoms with E-state index in [9.17, 15) is 0 Å². The van der Waals surface area contributed by atoms with Crippen molar-refractivity contribution in [1.82, 2.24) is 0 Å². The molecule has 0 saturated heterocycles. The maximum absolute atomic E-state index is 2.29. The molecule has 0 fully saturated rings. The number of hydrogen-bond donors (Lipinski definition) is 0. The molecule has 4 radical (unpaired) electrons. The summed E-state index contributed by atoms with van der Waals surface area (Å²) in [5.74, 6) is 0. The molecule has 0 spiro atoms. The van der Waals surface area contributed by atoms with Gasteiger partial charge in [0, 0.05) is 23.9 Å². The van der Waals surface area contributed by atoms with Crippen molar-refractivity contribution in [1.29, 1.82) is 0 Å². The van der Waals surface area contributed by atoms with Crippen molar-refractivity contribution in [3.63, 3.8) is 0 Å². The molecule has 60 valence electrons. The van der Waals surface area contributed by atoms with Gasteiger partial charge in [0.25, 0.3) is 0 Å². The summed E-state index contributed by atoms with van der Waals surface area (Å²) in [4.78, 5) is 0. The summed E-state index contributed by atoms with van der Waals surface area (Å²) >= 11 is 0. The van der Waals surface area contributed by atoms with Crippen molar-refractivity contribution >= 4 is 23.9 Å².